The van der Waals surface area contributed by atoms with Crippen LogP contribution in [0, 0.1) is 5.92 Å². The Labute approximate surface area is 181 Å². The molecule has 0 spiro atoms. The number of hydrogen-bond acceptors (Lipinski definition) is 4. The Hall–Kier alpha value is -3.35. The van der Waals surface area contributed by atoms with Gasteiger partial charge in [-0.3, -0.25) is 9.59 Å². The van der Waals surface area contributed by atoms with Gasteiger partial charge >= 0.3 is 12.1 Å². The molecule has 1 unspecified atom stereocenters. The number of fused-ring (bicyclic) bond motifs is 3. The molecule has 1 saturated heterocycles. The molecule has 2 aromatic carbocycles. The van der Waals surface area contributed by atoms with E-state index in [9.17, 15) is 19.5 Å². The lowest BCUT2D eigenvalue weighted by atomic mass is 9.98. The van der Waals surface area contributed by atoms with E-state index in [1.54, 1.807) is 0 Å². The molecule has 2 aliphatic rings. The van der Waals surface area contributed by atoms with Crippen LogP contribution in [0.15, 0.2) is 48.5 Å². The fraction of sp³-hybridized carbons (Fsp3) is 0.375. The van der Waals surface area contributed by atoms with Gasteiger partial charge in [-0.2, -0.15) is 0 Å². The van der Waals surface area contributed by atoms with Crippen LogP contribution in [-0.2, 0) is 14.3 Å². The number of piperidine rings is 1. The van der Waals surface area contributed by atoms with Gasteiger partial charge in [0.05, 0.1) is 5.92 Å². The number of carbonyl (C=O) groups excluding carboxylic acids is 2. The summed E-state index contributed by atoms with van der Waals surface area (Å²) in [7, 11) is 1.52. The third kappa shape index (κ3) is 4.26. The molecule has 0 bridgehead atoms. The number of aliphatic carboxylic acids is 1. The second-order valence-corrected chi connectivity index (χ2v) is 8.18. The normalized spacial score (nSPS) is 17.6. The molecule has 1 atom stereocenters. The molecule has 1 heterocycles. The maximum Gasteiger partial charge on any atom is 0.409 e. The zero-order valence-corrected chi connectivity index (χ0v) is 17.5. The second kappa shape index (κ2) is 8.79. The maximum absolute atomic E-state index is 12.6. The Kier molecular flexibility index (Phi) is 5.93. The van der Waals surface area contributed by atoms with Gasteiger partial charge in [-0.15, -0.1) is 0 Å². The minimum absolute atomic E-state index is 0.0427. The lowest BCUT2D eigenvalue weighted by Crippen LogP contribution is -2.47. The van der Waals surface area contributed by atoms with Crippen molar-refractivity contribution in [2.24, 2.45) is 5.92 Å². The number of nitrogens with zero attached hydrogens (tertiary/aromatic N) is 2. The Morgan fingerprint density at radius 3 is 2.29 bits per heavy atom. The van der Waals surface area contributed by atoms with Gasteiger partial charge in [-0.05, 0) is 35.1 Å². The number of carboxylic acid groups (broad SMARTS) is 1. The van der Waals surface area contributed by atoms with E-state index >= 15 is 0 Å². The van der Waals surface area contributed by atoms with Gasteiger partial charge in [-0.1, -0.05) is 48.5 Å². The first-order chi connectivity index (χ1) is 15.0. The van der Waals surface area contributed by atoms with E-state index in [-0.39, 0.29) is 31.5 Å². The molecule has 2 aromatic rings. The average Bonchev–Trinajstić information content (AvgIpc) is 3.11. The first-order valence-corrected chi connectivity index (χ1v) is 10.5. The van der Waals surface area contributed by atoms with Gasteiger partial charge in [0, 0.05) is 26.1 Å². The number of likely N-dealkylation sites (tertiary alicyclic amines) is 1. The zero-order chi connectivity index (χ0) is 22.0. The van der Waals surface area contributed by atoms with Gasteiger partial charge < -0.3 is 19.6 Å². The van der Waals surface area contributed by atoms with Crippen LogP contribution >= 0.6 is 0 Å². The van der Waals surface area contributed by atoms with Gasteiger partial charge in [0.15, 0.2) is 0 Å². The first-order valence-electron chi connectivity index (χ1n) is 10.5. The molecule has 0 saturated carbocycles. The third-order valence-electron chi connectivity index (χ3n) is 6.14. The van der Waals surface area contributed by atoms with Crippen molar-refractivity contribution in [3.8, 4) is 11.1 Å². The number of ether oxygens (including phenoxy) is 1. The predicted octanol–water partition coefficient (Wildman–Crippen LogP) is 3.19. The Bertz CT molecular complexity index is 959. The minimum Gasteiger partial charge on any atom is -0.481 e. The smallest absolute Gasteiger partial charge is 0.409 e. The van der Waals surface area contributed by atoms with Crippen molar-refractivity contribution in [1.29, 1.82) is 0 Å². The van der Waals surface area contributed by atoms with E-state index in [1.165, 1.54) is 16.8 Å². The highest BCUT2D eigenvalue weighted by Crippen LogP contribution is 2.44. The van der Waals surface area contributed by atoms with Crippen molar-refractivity contribution in [2.45, 2.75) is 18.8 Å². The zero-order valence-electron chi connectivity index (χ0n) is 17.5. The Morgan fingerprint density at radius 1 is 1.06 bits per heavy atom. The molecule has 162 valence electrons. The van der Waals surface area contributed by atoms with Crippen LogP contribution in [0.1, 0.15) is 29.9 Å². The maximum atomic E-state index is 12.6. The van der Waals surface area contributed by atoms with Gasteiger partial charge in [0.1, 0.15) is 13.2 Å². The van der Waals surface area contributed by atoms with Crippen molar-refractivity contribution in [3.63, 3.8) is 0 Å². The molecule has 4 rings (SSSR count). The molecular weight excluding hydrogens is 396 g/mol. The molecule has 2 amide bonds. The van der Waals surface area contributed by atoms with E-state index in [0.29, 0.717) is 19.4 Å². The molecule has 31 heavy (non-hydrogen) atoms. The van der Waals surface area contributed by atoms with Crippen LogP contribution < -0.4 is 0 Å². The summed E-state index contributed by atoms with van der Waals surface area (Å²) < 4.78 is 5.57. The molecule has 1 aliphatic carbocycles. The summed E-state index contributed by atoms with van der Waals surface area (Å²) in [5, 5.41) is 9.20. The summed E-state index contributed by atoms with van der Waals surface area (Å²) in [5.74, 6) is -1.74. The van der Waals surface area contributed by atoms with Crippen molar-refractivity contribution in [1.82, 2.24) is 9.80 Å². The van der Waals surface area contributed by atoms with Gasteiger partial charge in [-0.25, -0.2) is 4.79 Å². The highest BCUT2D eigenvalue weighted by atomic mass is 16.6. The second-order valence-electron chi connectivity index (χ2n) is 8.18. The van der Waals surface area contributed by atoms with E-state index in [2.05, 4.69) is 24.3 Å². The van der Waals surface area contributed by atoms with Crippen molar-refractivity contribution in [2.75, 3.05) is 33.3 Å². The molecular formula is C24H26N2O5. The molecule has 1 N–H and O–H groups in total. The fourth-order valence-corrected chi connectivity index (χ4v) is 4.48. The summed E-state index contributed by atoms with van der Waals surface area (Å²) in [6.07, 6.45) is 0.653. The highest BCUT2D eigenvalue weighted by molar-refractivity contribution is 5.83. The number of carboxylic acids is 1. The molecule has 7 nitrogen and oxygen atoms in total. The van der Waals surface area contributed by atoms with Crippen molar-refractivity contribution >= 4 is 18.0 Å². The molecule has 1 aliphatic heterocycles. The average molecular weight is 422 g/mol. The van der Waals surface area contributed by atoms with E-state index in [1.807, 2.05) is 24.3 Å². The number of likely N-dealkylation sites (N-methyl/N-ethyl adjacent to an activating group) is 1. The van der Waals surface area contributed by atoms with Crippen LogP contribution in [0.2, 0.25) is 0 Å². The van der Waals surface area contributed by atoms with Crippen LogP contribution in [-0.4, -0.2) is 66.2 Å². The third-order valence-corrected chi connectivity index (χ3v) is 6.14. The Morgan fingerprint density at radius 2 is 1.68 bits per heavy atom. The largest absolute Gasteiger partial charge is 0.481 e. The Balaban J connectivity index is 1.36. The van der Waals surface area contributed by atoms with Gasteiger partial charge in [0.25, 0.3) is 0 Å². The number of amides is 2. The first kappa shape index (κ1) is 20.9. The van der Waals surface area contributed by atoms with Gasteiger partial charge in [0.2, 0.25) is 5.91 Å². The topological polar surface area (TPSA) is 87.2 Å². The minimum atomic E-state index is -0.887. The number of rotatable bonds is 5. The SMILES string of the molecule is CN(CC(=O)N1CCCC(C(=O)O)C1)C(=O)OCC1c2ccccc2-c2ccccc21. The van der Waals surface area contributed by atoms with Crippen molar-refractivity contribution in [3.05, 3.63) is 59.7 Å². The summed E-state index contributed by atoms with van der Waals surface area (Å²) in [6, 6.07) is 16.2. The summed E-state index contributed by atoms with van der Waals surface area (Å²) >= 11 is 0. The van der Waals surface area contributed by atoms with Crippen molar-refractivity contribution < 1.29 is 24.2 Å². The fourth-order valence-electron chi connectivity index (χ4n) is 4.48. The number of benzene rings is 2. The van der Waals surface area contributed by atoms with Crippen LogP contribution in [0.5, 0.6) is 0 Å². The quantitative estimate of drug-likeness (QED) is 0.800. The van der Waals surface area contributed by atoms with Crippen LogP contribution in [0.3, 0.4) is 0 Å². The molecule has 7 heteroatoms. The van der Waals surface area contributed by atoms with Crippen LogP contribution in [0.4, 0.5) is 4.79 Å². The van der Waals surface area contributed by atoms with Crippen LogP contribution in [0.25, 0.3) is 11.1 Å². The van der Waals surface area contributed by atoms with E-state index in [4.69, 9.17) is 4.74 Å². The van der Waals surface area contributed by atoms with E-state index in [0.717, 1.165) is 22.3 Å². The summed E-state index contributed by atoms with van der Waals surface area (Å²) in [5.41, 5.74) is 4.56. The lowest BCUT2D eigenvalue weighted by molar-refractivity contribution is -0.145. The summed E-state index contributed by atoms with van der Waals surface area (Å²) in [4.78, 5) is 39.1. The summed E-state index contributed by atoms with van der Waals surface area (Å²) in [6.45, 7) is 0.757. The monoisotopic (exact) mass is 422 g/mol. The lowest BCUT2D eigenvalue weighted by Gasteiger charge is -2.31. The highest BCUT2D eigenvalue weighted by Gasteiger charge is 2.31. The number of carbonyl (C=O) groups is 3. The van der Waals surface area contributed by atoms with E-state index < -0.39 is 18.0 Å². The predicted molar refractivity (Wildman–Crippen MR) is 115 cm³/mol. The number of hydrogen-bond donors (Lipinski definition) is 1. The molecule has 0 radical (unpaired) electrons. The molecule has 0 aromatic heterocycles. The standard InChI is InChI=1S/C24H26N2O5/c1-25(14-22(27)26-12-6-7-16(13-26)23(28)29)24(30)31-15-21-19-10-4-2-8-17(19)18-9-3-5-11-20(18)21/h2-5,8-11,16,21H,6-7,12-15H2,1H3,(H,28,29). The molecule has 1 fully saturated rings.